The molecule has 0 fully saturated rings. The lowest BCUT2D eigenvalue weighted by atomic mass is 10.0. The van der Waals surface area contributed by atoms with Gasteiger partial charge in [0, 0.05) is 25.8 Å². The van der Waals surface area contributed by atoms with E-state index in [0.29, 0.717) is 38.1 Å². The second-order valence-corrected chi connectivity index (χ2v) is 11.5. The van der Waals surface area contributed by atoms with Gasteiger partial charge in [-0.05, 0) is 84.5 Å². The Morgan fingerprint density at radius 3 is 2.21 bits per heavy atom. The summed E-state index contributed by atoms with van der Waals surface area (Å²) in [5.41, 5.74) is 0.935. The minimum atomic E-state index is -0.380. The highest BCUT2D eigenvalue weighted by Gasteiger charge is 2.23. The van der Waals surface area contributed by atoms with Crippen molar-refractivity contribution in [3.63, 3.8) is 0 Å². The number of hydrogen-bond acceptors (Lipinski definition) is 7. The van der Waals surface area contributed by atoms with Crippen molar-refractivity contribution in [1.29, 1.82) is 0 Å². The summed E-state index contributed by atoms with van der Waals surface area (Å²) in [6.45, 7) is 13.0. The monoisotopic (exact) mass is 549 g/mol. The number of amides is 2. The molecule has 0 aromatic heterocycles. The smallest absolute Gasteiger partial charge is 0.308 e. The van der Waals surface area contributed by atoms with E-state index >= 15 is 0 Å². The average Bonchev–Trinajstić information content (AvgIpc) is 2.88. The lowest BCUT2D eigenvalue weighted by Crippen LogP contribution is -2.38. The molecule has 0 spiro atoms. The molecule has 39 heavy (non-hydrogen) atoms. The first-order valence-electron chi connectivity index (χ1n) is 14.0. The Balaban J connectivity index is 2.29. The molecule has 2 amide bonds. The van der Waals surface area contributed by atoms with Crippen LogP contribution in [-0.2, 0) is 35.2 Å². The molecular formula is C30H51N3O6. The first kappa shape index (κ1) is 34.5. The molecule has 1 atom stereocenters. The van der Waals surface area contributed by atoms with Crippen molar-refractivity contribution in [3.05, 3.63) is 29.8 Å². The predicted molar refractivity (Wildman–Crippen MR) is 154 cm³/mol. The third kappa shape index (κ3) is 15.0. The summed E-state index contributed by atoms with van der Waals surface area (Å²) in [5, 5.41) is 8.95. The molecule has 0 aliphatic heterocycles. The van der Waals surface area contributed by atoms with E-state index in [1.165, 1.54) is 0 Å². The van der Waals surface area contributed by atoms with Crippen LogP contribution >= 0.6 is 0 Å². The van der Waals surface area contributed by atoms with Crippen LogP contribution in [0.1, 0.15) is 85.6 Å². The zero-order chi connectivity index (χ0) is 29.5. The van der Waals surface area contributed by atoms with E-state index in [2.05, 4.69) is 16.0 Å². The van der Waals surface area contributed by atoms with Crippen molar-refractivity contribution < 1.29 is 28.6 Å². The van der Waals surface area contributed by atoms with Gasteiger partial charge in [0.1, 0.15) is 6.61 Å². The maximum atomic E-state index is 12.7. The quantitative estimate of drug-likeness (QED) is 0.171. The van der Waals surface area contributed by atoms with Crippen LogP contribution in [-0.4, -0.2) is 62.3 Å². The van der Waals surface area contributed by atoms with Gasteiger partial charge in [-0.2, -0.15) is 0 Å². The molecule has 9 heteroatoms. The second-order valence-electron chi connectivity index (χ2n) is 11.5. The number of carbonyl (C=O) groups is 3. The largest absolute Gasteiger partial charge is 0.461 e. The van der Waals surface area contributed by atoms with E-state index in [1.807, 2.05) is 39.8 Å². The van der Waals surface area contributed by atoms with Crippen LogP contribution in [0, 0.1) is 5.92 Å². The molecule has 0 saturated heterocycles. The van der Waals surface area contributed by atoms with Crippen molar-refractivity contribution >= 4 is 23.5 Å². The molecule has 1 aromatic carbocycles. The summed E-state index contributed by atoms with van der Waals surface area (Å²) >= 11 is 0. The van der Waals surface area contributed by atoms with Crippen molar-refractivity contribution in [3.8, 4) is 0 Å². The minimum absolute atomic E-state index is 0.00854. The molecule has 0 heterocycles. The van der Waals surface area contributed by atoms with Crippen LogP contribution in [0.25, 0.3) is 0 Å². The zero-order valence-electron chi connectivity index (χ0n) is 25.3. The summed E-state index contributed by atoms with van der Waals surface area (Å²) in [7, 11) is 3.46. The van der Waals surface area contributed by atoms with Gasteiger partial charge in [-0.15, -0.1) is 0 Å². The normalized spacial score (nSPS) is 12.7. The predicted octanol–water partition coefficient (Wildman–Crippen LogP) is 4.59. The van der Waals surface area contributed by atoms with E-state index in [4.69, 9.17) is 14.2 Å². The molecule has 222 valence electrons. The Morgan fingerprint density at radius 1 is 0.949 bits per heavy atom. The summed E-state index contributed by atoms with van der Waals surface area (Å²) < 4.78 is 16.6. The molecule has 3 N–H and O–H groups in total. The molecule has 0 aliphatic rings. The molecule has 0 unspecified atom stereocenters. The zero-order valence-corrected chi connectivity index (χ0v) is 25.3. The maximum absolute atomic E-state index is 12.7. The van der Waals surface area contributed by atoms with E-state index in [1.54, 1.807) is 40.1 Å². The SMILES string of the molecule is CN[C@@H](CCCCNC(=O)CCC(C)(C)OCCC(C)(C)OC)C(=O)Nc1ccc(COC(=O)C(C)C)cc1. The maximum Gasteiger partial charge on any atom is 0.308 e. The molecular weight excluding hydrogens is 498 g/mol. The number of ether oxygens (including phenoxy) is 3. The fourth-order valence-electron chi connectivity index (χ4n) is 3.59. The number of methoxy groups -OCH3 is 1. The van der Waals surface area contributed by atoms with Crippen LogP contribution < -0.4 is 16.0 Å². The van der Waals surface area contributed by atoms with Gasteiger partial charge in [0.15, 0.2) is 0 Å². The second kappa shape index (κ2) is 17.3. The topological polar surface area (TPSA) is 115 Å². The standard InChI is InChI=1S/C30H51N3O6/c1-22(2)28(36)38-21-23-12-14-24(15-13-23)33-27(35)25(31-7)11-9-10-19-32-26(34)16-17-30(5,6)39-20-18-29(3,4)37-8/h12-15,22,25,31H,9-11,16-21H2,1-8H3,(H,32,34)(H,33,35)/t25-/m0/s1. The Labute approximate surface area is 235 Å². The van der Waals surface area contributed by atoms with Crippen LogP contribution in [0.4, 0.5) is 5.69 Å². The first-order valence-corrected chi connectivity index (χ1v) is 14.0. The van der Waals surface area contributed by atoms with E-state index < -0.39 is 0 Å². The molecule has 1 aromatic rings. The van der Waals surface area contributed by atoms with Gasteiger partial charge in [-0.1, -0.05) is 26.0 Å². The number of unbranched alkanes of at least 4 members (excludes halogenated alkanes) is 1. The van der Waals surface area contributed by atoms with Crippen molar-refractivity contribution in [1.82, 2.24) is 10.6 Å². The molecule has 0 radical (unpaired) electrons. The molecule has 9 nitrogen and oxygen atoms in total. The van der Waals surface area contributed by atoms with Gasteiger partial charge in [0.25, 0.3) is 0 Å². The molecule has 0 saturated carbocycles. The van der Waals surface area contributed by atoms with Crippen molar-refractivity contribution in [2.75, 3.05) is 32.6 Å². The minimum Gasteiger partial charge on any atom is -0.461 e. The Hall–Kier alpha value is -2.49. The summed E-state index contributed by atoms with van der Waals surface area (Å²) in [5.74, 6) is -0.512. The van der Waals surface area contributed by atoms with Crippen LogP contribution in [0.5, 0.6) is 0 Å². The summed E-state index contributed by atoms with van der Waals surface area (Å²) in [6.07, 6.45) is 4.06. The van der Waals surface area contributed by atoms with Gasteiger partial charge in [0.05, 0.1) is 29.8 Å². The number of nitrogens with one attached hydrogen (secondary N) is 3. The van der Waals surface area contributed by atoms with E-state index in [0.717, 1.165) is 24.8 Å². The van der Waals surface area contributed by atoms with Crippen LogP contribution in [0.3, 0.4) is 0 Å². The lowest BCUT2D eigenvalue weighted by Gasteiger charge is -2.28. The Morgan fingerprint density at radius 2 is 1.62 bits per heavy atom. The third-order valence-corrected chi connectivity index (χ3v) is 6.68. The summed E-state index contributed by atoms with van der Waals surface area (Å²) in [6, 6.07) is 6.91. The van der Waals surface area contributed by atoms with Gasteiger partial charge in [0.2, 0.25) is 11.8 Å². The fourth-order valence-corrected chi connectivity index (χ4v) is 3.59. The highest BCUT2D eigenvalue weighted by atomic mass is 16.5. The third-order valence-electron chi connectivity index (χ3n) is 6.68. The Bertz CT molecular complexity index is 883. The number of likely N-dealkylation sites (N-methyl/N-ethyl adjacent to an activating group) is 1. The number of esters is 1. The number of hydrogen-bond donors (Lipinski definition) is 3. The number of benzene rings is 1. The van der Waals surface area contributed by atoms with Gasteiger partial charge in [-0.3, -0.25) is 14.4 Å². The van der Waals surface area contributed by atoms with E-state index in [-0.39, 0.29) is 47.6 Å². The highest BCUT2D eigenvalue weighted by molar-refractivity contribution is 5.94. The highest BCUT2D eigenvalue weighted by Crippen LogP contribution is 2.20. The van der Waals surface area contributed by atoms with Crippen molar-refractivity contribution in [2.45, 2.75) is 104 Å². The average molecular weight is 550 g/mol. The summed E-state index contributed by atoms with van der Waals surface area (Å²) in [4.78, 5) is 36.6. The van der Waals surface area contributed by atoms with Crippen molar-refractivity contribution in [2.24, 2.45) is 5.92 Å². The van der Waals surface area contributed by atoms with Gasteiger partial charge < -0.3 is 30.2 Å². The number of rotatable bonds is 19. The molecule has 1 rings (SSSR count). The van der Waals surface area contributed by atoms with Gasteiger partial charge in [-0.25, -0.2) is 0 Å². The molecule has 0 bridgehead atoms. The number of anilines is 1. The van der Waals surface area contributed by atoms with E-state index in [9.17, 15) is 14.4 Å². The van der Waals surface area contributed by atoms with Crippen LogP contribution in [0.15, 0.2) is 24.3 Å². The van der Waals surface area contributed by atoms with Gasteiger partial charge >= 0.3 is 5.97 Å². The fraction of sp³-hybridized carbons (Fsp3) is 0.700. The first-order chi connectivity index (χ1) is 18.3. The Kier molecular flexibility index (Phi) is 15.3. The molecule has 0 aliphatic carbocycles. The lowest BCUT2D eigenvalue weighted by molar-refractivity contribution is -0.148. The number of carbonyl (C=O) groups excluding carboxylic acids is 3. The van der Waals surface area contributed by atoms with Crippen LogP contribution in [0.2, 0.25) is 0 Å².